The van der Waals surface area contributed by atoms with Crippen molar-refractivity contribution in [2.24, 2.45) is 0 Å². The molecule has 0 saturated carbocycles. The first-order valence-electron chi connectivity index (χ1n) is 4.73. The lowest BCUT2D eigenvalue weighted by Crippen LogP contribution is -2.14. The molecule has 0 aliphatic heterocycles. The Balaban J connectivity index is 2.23. The van der Waals surface area contributed by atoms with Crippen molar-refractivity contribution in [3.63, 3.8) is 0 Å². The third kappa shape index (κ3) is 2.36. The van der Waals surface area contributed by atoms with Gasteiger partial charge in [0.05, 0.1) is 16.3 Å². The van der Waals surface area contributed by atoms with E-state index in [0.29, 0.717) is 10.9 Å². The number of rotatable bonds is 2. The number of amides is 1. The smallest absolute Gasteiger partial charge is 0.322 e. The molecular formula is C10H9ClN4O2. The fourth-order valence-electron chi connectivity index (χ4n) is 1.25. The van der Waals surface area contributed by atoms with Gasteiger partial charge in [-0.05, 0) is 12.1 Å². The molecule has 1 aromatic heterocycles. The number of benzene rings is 1. The first-order chi connectivity index (χ1) is 8.08. The van der Waals surface area contributed by atoms with Gasteiger partial charge in [0.25, 0.3) is 5.91 Å². The predicted molar refractivity (Wildman–Crippen MR) is 62.9 cm³/mol. The molecule has 0 saturated heterocycles. The van der Waals surface area contributed by atoms with E-state index in [1.807, 2.05) is 0 Å². The van der Waals surface area contributed by atoms with Crippen LogP contribution in [0.15, 0.2) is 22.6 Å². The average molecular weight is 253 g/mol. The van der Waals surface area contributed by atoms with Crippen LogP contribution in [0.1, 0.15) is 16.2 Å². The van der Waals surface area contributed by atoms with Crippen LogP contribution >= 0.6 is 11.6 Å². The molecule has 0 fully saturated rings. The van der Waals surface area contributed by atoms with E-state index in [2.05, 4.69) is 15.5 Å². The van der Waals surface area contributed by atoms with Crippen molar-refractivity contribution in [3.05, 3.63) is 34.7 Å². The van der Waals surface area contributed by atoms with Gasteiger partial charge in [-0.15, -0.1) is 5.10 Å². The van der Waals surface area contributed by atoms with Crippen LogP contribution in [-0.2, 0) is 0 Å². The molecule has 0 atom stereocenters. The maximum atomic E-state index is 11.8. The van der Waals surface area contributed by atoms with Gasteiger partial charge >= 0.3 is 6.01 Å². The van der Waals surface area contributed by atoms with Crippen LogP contribution in [-0.4, -0.2) is 16.1 Å². The Morgan fingerprint density at radius 2 is 2.24 bits per heavy atom. The third-order valence-electron chi connectivity index (χ3n) is 2.04. The number of carbonyl (C=O) groups is 1. The van der Waals surface area contributed by atoms with Crippen LogP contribution < -0.4 is 11.1 Å². The van der Waals surface area contributed by atoms with Crippen LogP contribution in [0.4, 0.5) is 11.7 Å². The lowest BCUT2D eigenvalue weighted by atomic mass is 10.1. The summed E-state index contributed by atoms with van der Waals surface area (Å²) in [5.74, 6) is -0.0898. The number of nitrogens with zero attached hydrogens (tertiary/aromatic N) is 2. The molecule has 7 heteroatoms. The number of nitrogens with one attached hydrogen (secondary N) is 1. The number of nitrogens with two attached hydrogens (primary N) is 1. The van der Waals surface area contributed by atoms with E-state index >= 15 is 0 Å². The lowest BCUT2D eigenvalue weighted by Gasteiger charge is -2.05. The van der Waals surface area contributed by atoms with Crippen LogP contribution in [0.5, 0.6) is 0 Å². The van der Waals surface area contributed by atoms with Crippen molar-refractivity contribution in [3.8, 4) is 0 Å². The van der Waals surface area contributed by atoms with Gasteiger partial charge in [0, 0.05) is 6.92 Å². The van der Waals surface area contributed by atoms with Crippen molar-refractivity contribution in [2.45, 2.75) is 6.92 Å². The zero-order chi connectivity index (χ0) is 12.4. The van der Waals surface area contributed by atoms with Crippen molar-refractivity contribution >= 4 is 29.2 Å². The van der Waals surface area contributed by atoms with Gasteiger partial charge < -0.3 is 10.2 Å². The van der Waals surface area contributed by atoms with E-state index in [1.54, 1.807) is 25.1 Å². The summed E-state index contributed by atoms with van der Waals surface area (Å²) in [6, 6.07) is 4.81. The Kier molecular flexibility index (Phi) is 2.97. The number of aryl methyl sites for hydroxylation is 1. The minimum absolute atomic E-state index is 0.0203. The van der Waals surface area contributed by atoms with Crippen molar-refractivity contribution in [2.75, 3.05) is 11.1 Å². The minimum atomic E-state index is -0.450. The standard InChI is InChI=1S/C10H9ClN4O2/c1-5-14-15-10(17-5)13-9(16)6-3-2-4-7(11)8(6)12/h2-4H,12H2,1H3,(H,13,15,16). The topological polar surface area (TPSA) is 94.0 Å². The summed E-state index contributed by atoms with van der Waals surface area (Å²) in [6.45, 7) is 1.62. The van der Waals surface area contributed by atoms with Crippen LogP contribution in [0.25, 0.3) is 0 Å². The predicted octanol–water partition coefficient (Wildman–Crippen LogP) is 1.87. The third-order valence-corrected chi connectivity index (χ3v) is 2.37. The number of para-hydroxylation sites is 1. The molecule has 1 heterocycles. The molecule has 3 N–H and O–H groups in total. The molecule has 0 aliphatic carbocycles. The van der Waals surface area contributed by atoms with Crippen LogP contribution in [0.3, 0.4) is 0 Å². The number of anilines is 2. The normalized spacial score (nSPS) is 10.2. The second-order valence-corrected chi connectivity index (χ2v) is 3.69. The zero-order valence-corrected chi connectivity index (χ0v) is 9.65. The van der Waals surface area contributed by atoms with Gasteiger partial charge in [0.1, 0.15) is 0 Å². The summed E-state index contributed by atoms with van der Waals surface area (Å²) in [5, 5.41) is 9.97. The Hall–Kier alpha value is -2.08. The molecule has 2 rings (SSSR count). The highest BCUT2D eigenvalue weighted by Gasteiger charge is 2.14. The number of nitrogen functional groups attached to an aromatic ring is 1. The Bertz CT molecular complexity index is 567. The van der Waals surface area contributed by atoms with E-state index < -0.39 is 5.91 Å². The minimum Gasteiger partial charge on any atom is -0.408 e. The Morgan fingerprint density at radius 1 is 1.47 bits per heavy atom. The molecule has 88 valence electrons. The van der Waals surface area contributed by atoms with Crippen molar-refractivity contribution in [1.82, 2.24) is 10.2 Å². The second-order valence-electron chi connectivity index (χ2n) is 3.28. The number of hydrogen-bond acceptors (Lipinski definition) is 5. The van der Waals surface area contributed by atoms with Gasteiger partial charge in [-0.3, -0.25) is 10.1 Å². The van der Waals surface area contributed by atoms with Crippen molar-refractivity contribution in [1.29, 1.82) is 0 Å². The number of carbonyl (C=O) groups excluding carboxylic acids is 1. The first kappa shape index (κ1) is 11.4. The van der Waals surface area contributed by atoms with Crippen molar-refractivity contribution < 1.29 is 9.21 Å². The first-order valence-corrected chi connectivity index (χ1v) is 5.11. The number of halogens is 1. The van der Waals surface area contributed by atoms with Gasteiger partial charge in [-0.25, -0.2) is 0 Å². The maximum absolute atomic E-state index is 11.8. The summed E-state index contributed by atoms with van der Waals surface area (Å²) in [4.78, 5) is 11.8. The van der Waals surface area contributed by atoms with Gasteiger partial charge in [-0.2, -0.15) is 0 Å². The van der Waals surface area contributed by atoms with E-state index in [1.165, 1.54) is 0 Å². The van der Waals surface area contributed by atoms with Gasteiger partial charge in [0.15, 0.2) is 0 Å². The molecule has 1 aromatic carbocycles. The summed E-state index contributed by atoms with van der Waals surface area (Å²) in [5.41, 5.74) is 6.15. The highest BCUT2D eigenvalue weighted by Crippen LogP contribution is 2.23. The summed E-state index contributed by atoms with van der Waals surface area (Å²) in [7, 11) is 0. The largest absolute Gasteiger partial charge is 0.408 e. The number of aromatic nitrogens is 2. The molecular weight excluding hydrogens is 244 g/mol. The summed E-state index contributed by atoms with van der Waals surface area (Å²) >= 11 is 5.81. The average Bonchev–Trinajstić information content (AvgIpc) is 2.68. The Labute approximate surface area is 102 Å². The monoisotopic (exact) mass is 252 g/mol. The highest BCUT2D eigenvalue weighted by molar-refractivity contribution is 6.34. The highest BCUT2D eigenvalue weighted by atomic mass is 35.5. The molecule has 0 spiro atoms. The molecule has 6 nitrogen and oxygen atoms in total. The molecule has 0 aliphatic rings. The maximum Gasteiger partial charge on any atom is 0.322 e. The fraction of sp³-hybridized carbons (Fsp3) is 0.100. The number of hydrogen-bond donors (Lipinski definition) is 2. The quantitative estimate of drug-likeness (QED) is 0.796. The van der Waals surface area contributed by atoms with E-state index in [-0.39, 0.29) is 17.3 Å². The van der Waals surface area contributed by atoms with Crippen LogP contribution in [0, 0.1) is 6.92 Å². The molecule has 0 bridgehead atoms. The second kappa shape index (κ2) is 4.42. The van der Waals surface area contributed by atoms with Crippen LogP contribution in [0.2, 0.25) is 5.02 Å². The van der Waals surface area contributed by atoms with E-state index in [4.69, 9.17) is 21.8 Å². The van der Waals surface area contributed by atoms with Gasteiger partial charge in [-0.1, -0.05) is 22.8 Å². The molecule has 2 aromatic rings. The van der Waals surface area contributed by atoms with Gasteiger partial charge in [0.2, 0.25) is 5.89 Å². The zero-order valence-electron chi connectivity index (χ0n) is 8.90. The van der Waals surface area contributed by atoms with E-state index in [0.717, 1.165) is 0 Å². The lowest BCUT2D eigenvalue weighted by molar-refractivity contribution is 0.102. The molecule has 0 unspecified atom stereocenters. The molecule has 0 radical (unpaired) electrons. The molecule has 17 heavy (non-hydrogen) atoms. The summed E-state index contributed by atoms with van der Waals surface area (Å²) in [6.07, 6.45) is 0. The Morgan fingerprint density at radius 3 is 2.88 bits per heavy atom. The molecule has 1 amide bonds. The SMILES string of the molecule is Cc1nnc(NC(=O)c2cccc(Cl)c2N)o1. The van der Waals surface area contributed by atoms with E-state index in [9.17, 15) is 4.79 Å². The fourth-order valence-corrected chi connectivity index (χ4v) is 1.42. The summed E-state index contributed by atoms with van der Waals surface area (Å²) < 4.78 is 5.02.